The molecule has 1 atom stereocenters. The first-order valence-electron chi connectivity index (χ1n) is 8.95. The van der Waals surface area contributed by atoms with Crippen LogP contribution in [0.4, 0.5) is 5.69 Å². The summed E-state index contributed by atoms with van der Waals surface area (Å²) >= 11 is 0. The summed E-state index contributed by atoms with van der Waals surface area (Å²) in [5.41, 5.74) is 2.84. The Bertz CT molecular complexity index is 551. The molecule has 1 spiro atoms. The summed E-state index contributed by atoms with van der Waals surface area (Å²) in [5, 5.41) is 6.55. The zero-order chi connectivity index (χ0) is 16.3. The molecule has 4 heteroatoms. The van der Waals surface area contributed by atoms with E-state index in [2.05, 4.69) is 53.6 Å². The fourth-order valence-electron chi connectivity index (χ4n) is 3.93. The molecule has 23 heavy (non-hydrogen) atoms. The van der Waals surface area contributed by atoms with Gasteiger partial charge in [0.25, 0.3) is 0 Å². The number of aryl methyl sites for hydroxylation is 1. The molecule has 3 rings (SSSR count). The van der Waals surface area contributed by atoms with Crippen molar-refractivity contribution in [2.75, 3.05) is 37.6 Å². The quantitative estimate of drug-likeness (QED) is 0.847. The van der Waals surface area contributed by atoms with Crippen molar-refractivity contribution in [3.05, 3.63) is 29.8 Å². The van der Waals surface area contributed by atoms with Gasteiger partial charge in [-0.15, -0.1) is 0 Å². The third kappa shape index (κ3) is 3.69. The van der Waals surface area contributed by atoms with Gasteiger partial charge in [-0.25, -0.2) is 0 Å². The first-order valence-corrected chi connectivity index (χ1v) is 8.95. The Morgan fingerprint density at radius 1 is 1.39 bits per heavy atom. The predicted octanol–water partition coefficient (Wildman–Crippen LogP) is 2.33. The maximum atomic E-state index is 12.4. The van der Waals surface area contributed by atoms with Crippen LogP contribution in [0.2, 0.25) is 0 Å². The number of carbonyl (C=O) groups is 1. The van der Waals surface area contributed by atoms with Gasteiger partial charge in [0.2, 0.25) is 5.91 Å². The predicted molar refractivity (Wildman–Crippen MR) is 94.7 cm³/mol. The molecule has 2 N–H and O–H groups in total. The number of hydrogen-bond acceptors (Lipinski definition) is 3. The van der Waals surface area contributed by atoms with Crippen molar-refractivity contribution < 1.29 is 4.79 Å². The number of hydrogen-bond donors (Lipinski definition) is 2. The Morgan fingerprint density at radius 2 is 2.17 bits per heavy atom. The normalized spacial score (nSPS) is 21.9. The molecule has 0 radical (unpaired) electrons. The topological polar surface area (TPSA) is 44.4 Å². The van der Waals surface area contributed by atoms with Gasteiger partial charge in [-0.3, -0.25) is 4.79 Å². The minimum absolute atomic E-state index is 0.263. The summed E-state index contributed by atoms with van der Waals surface area (Å²) in [7, 11) is 0. The molecule has 4 nitrogen and oxygen atoms in total. The molecular weight excluding hydrogens is 286 g/mol. The number of benzene rings is 1. The van der Waals surface area contributed by atoms with Crippen molar-refractivity contribution in [3.8, 4) is 0 Å². The highest BCUT2D eigenvalue weighted by molar-refractivity contribution is 5.82. The molecule has 1 amide bonds. The molecule has 1 aliphatic carbocycles. The van der Waals surface area contributed by atoms with Crippen LogP contribution in [0.15, 0.2) is 24.3 Å². The van der Waals surface area contributed by atoms with Crippen molar-refractivity contribution >= 4 is 11.6 Å². The van der Waals surface area contributed by atoms with E-state index in [1.165, 1.54) is 11.3 Å². The van der Waals surface area contributed by atoms with Gasteiger partial charge < -0.3 is 15.5 Å². The third-order valence-electron chi connectivity index (χ3n) is 5.54. The molecule has 2 fully saturated rings. The van der Waals surface area contributed by atoms with E-state index < -0.39 is 0 Å². The monoisotopic (exact) mass is 315 g/mol. The number of amides is 1. The van der Waals surface area contributed by atoms with Gasteiger partial charge in [-0.05, 0) is 69.3 Å². The first kappa shape index (κ1) is 16.3. The van der Waals surface area contributed by atoms with Crippen molar-refractivity contribution in [2.45, 2.75) is 33.1 Å². The zero-order valence-electron chi connectivity index (χ0n) is 14.4. The Balaban J connectivity index is 1.46. The van der Waals surface area contributed by atoms with E-state index in [9.17, 15) is 4.79 Å². The van der Waals surface area contributed by atoms with Gasteiger partial charge >= 0.3 is 0 Å². The lowest BCUT2D eigenvalue weighted by Gasteiger charge is -2.25. The van der Waals surface area contributed by atoms with Crippen molar-refractivity contribution in [2.24, 2.45) is 11.3 Å². The average molecular weight is 315 g/mol. The number of nitrogens with zero attached hydrogens (tertiary/aromatic N) is 1. The number of anilines is 1. The molecule has 0 bridgehead atoms. The van der Waals surface area contributed by atoms with Crippen molar-refractivity contribution in [3.63, 3.8) is 0 Å². The lowest BCUT2D eigenvalue weighted by atomic mass is 9.92. The lowest BCUT2D eigenvalue weighted by molar-refractivity contribution is -0.123. The Hall–Kier alpha value is -1.55. The zero-order valence-corrected chi connectivity index (χ0v) is 14.4. The molecule has 1 saturated carbocycles. The smallest absolute Gasteiger partial charge is 0.223 e. The van der Waals surface area contributed by atoms with Crippen LogP contribution in [0, 0.1) is 18.3 Å². The maximum absolute atomic E-state index is 12.4. The van der Waals surface area contributed by atoms with Gasteiger partial charge in [0, 0.05) is 31.2 Å². The Morgan fingerprint density at radius 3 is 2.87 bits per heavy atom. The highest BCUT2D eigenvalue weighted by Crippen LogP contribution is 2.58. The molecule has 1 saturated heterocycles. The third-order valence-corrected chi connectivity index (χ3v) is 5.54. The van der Waals surface area contributed by atoms with Crippen LogP contribution < -0.4 is 15.5 Å². The first-order chi connectivity index (χ1) is 11.1. The highest BCUT2D eigenvalue weighted by atomic mass is 16.2. The molecule has 1 heterocycles. The van der Waals surface area contributed by atoms with Crippen LogP contribution in [0.1, 0.15) is 31.7 Å². The molecule has 1 aromatic rings. The minimum Gasteiger partial charge on any atom is -0.370 e. The van der Waals surface area contributed by atoms with Gasteiger partial charge in [-0.1, -0.05) is 12.1 Å². The lowest BCUT2D eigenvalue weighted by Crippen LogP contribution is -2.37. The van der Waals surface area contributed by atoms with Gasteiger partial charge in [0.15, 0.2) is 0 Å². The number of rotatable bonds is 6. The minimum atomic E-state index is 0.263. The fourth-order valence-corrected chi connectivity index (χ4v) is 3.93. The molecule has 1 aliphatic heterocycles. The molecular formula is C19H29N3O. The van der Waals surface area contributed by atoms with Crippen LogP contribution in [-0.4, -0.2) is 38.6 Å². The maximum Gasteiger partial charge on any atom is 0.223 e. The van der Waals surface area contributed by atoms with E-state index >= 15 is 0 Å². The number of nitrogens with one attached hydrogen (secondary N) is 2. The molecule has 2 aliphatic rings. The van der Waals surface area contributed by atoms with E-state index in [0.29, 0.717) is 5.41 Å². The van der Waals surface area contributed by atoms with Gasteiger partial charge in [0.1, 0.15) is 0 Å². The summed E-state index contributed by atoms with van der Waals surface area (Å²) in [6.45, 7) is 8.97. The molecule has 0 aromatic heterocycles. The summed E-state index contributed by atoms with van der Waals surface area (Å²) in [5.74, 6) is 0.533. The second-order valence-corrected chi connectivity index (χ2v) is 7.08. The van der Waals surface area contributed by atoms with E-state index in [-0.39, 0.29) is 11.8 Å². The van der Waals surface area contributed by atoms with Crippen LogP contribution in [-0.2, 0) is 4.79 Å². The molecule has 126 valence electrons. The molecule has 1 aromatic carbocycles. The van der Waals surface area contributed by atoms with E-state index in [4.69, 9.17) is 0 Å². The number of carbonyl (C=O) groups excluding carboxylic acids is 1. The Labute approximate surface area is 139 Å². The summed E-state index contributed by atoms with van der Waals surface area (Å²) < 4.78 is 0. The van der Waals surface area contributed by atoms with Crippen LogP contribution in [0.3, 0.4) is 0 Å². The second-order valence-electron chi connectivity index (χ2n) is 7.08. The summed E-state index contributed by atoms with van der Waals surface area (Å²) in [4.78, 5) is 14.7. The van der Waals surface area contributed by atoms with Crippen LogP contribution in [0.5, 0.6) is 0 Å². The van der Waals surface area contributed by atoms with E-state index in [0.717, 1.165) is 52.0 Å². The SMILES string of the molecule is CCN(CCNC(=O)C1CC12CCNCC2)c1cccc(C)c1. The standard InChI is InChI=1S/C19H29N3O/c1-3-22(16-6-4-5-15(2)13-16)12-11-21-18(23)17-14-19(17)7-9-20-10-8-19/h4-6,13,17,20H,3,7-12,14H2,1-2H3,(H,21,23). The Kier molecular flexibility index (Phi) is 4.90. The van der Waals surface area contributed by atoms with E-state index in [1.54, 1.807) is 0 Å². The number of likely N-dealkylation sites (N-methyl/N-ethyl adjacent to an activating group) is 1. The second kappa shape index (κ2) is 6.91. The highest BCUT2D eigenvalue weighted by Gasteiger charge is 2.57. The van der Waals surface area contributed by atoms with Crippen LogP contribution in [0.25, 0.3) is 0 Å². The average Bonchev–Trinajstić information content (AvgIpc) is 3.25. The van der Waals surface area contributed by atoms with Gasteiger partial charge in [0.05, 0.1) is 0 Å². The van der Waals surface area contributed by atoms with Crippen molar-refractivity contribution in [1.29, 1.82) is 0 Å². The van der Waals surface area contributed by atoms with E-state index in [1.807, 2.05) is 0 Å². The number of piperidine rings is 1. The fraction of sp³-hybridized carbons (Fsp3) is 0.632. The largest absolute Gasteiger partial charge is 0.370 e. The van der Waals surface area contributed by atoms with Crippen LogP contribution >= 0.6 is 0 Å². The summed E-state index contributed by atoms with van der Waals surface area (Å²) in [6, 6.07) is 8.56. The molecule has 1 unspecified atom stereocenters. The summed E-state index contributed by atoms with van der Waals surface area (Å²) in [6.07, 6.45) is 3.42. The van der Waals surface area contributed by atoms with Crippen molar-refractivity contribution in [1.82, 2.24) is 10.6 Å². The van der Waals surface area contributed by atoms with Gasteiger partial charge in [-0.2, -0.15) is 0 Å².